The summed E-state index contributed by atoms with van der Waals surface area (Å²) in [6.45, 7) is 8.30. The maximum atomic E-state index is 12.8. The van der Waals surface area contributed by atoms with Crippen molar-refractivity contribution in [2.75, 3.05) is 12.3 Å². The Kier molecular flexibility index (Phi) is 4.74. The second-order valence-electron chi connectivity index (χ2n) is 7.18. The second kappa shape index (κ2) is 5.97. The van der Waals surface area contributed by atoms with Crippen molar-refractivity contribution in [2.45, 2.75) is 57.2 Å². The highest BCUT2D eigenvalue weighted by atomic mass is 32.2. The Hall–Kier alpha value is -0.870. The van der Waals surface area contributed by atoms with Gasteiger partial charge in [-0.25, -0.2) is 10.1 Å². The number of carbonyl (C=O) groups excluding carboxylic acids is 2. The van der Waals surface area contributed by atoms with E-state index in [0.717, 1.165) is 12.0 Å². The summed E-state index contributed by atoms with van der Waals surface area (Å²) in [4.78, 5) is 26.2. The lowest BCUT2D eigenvalue weighted by Crippen LogP contribution is -2.68. The fraction of sp³-hybridized carbons (Fsp3) is 0.846. The van der Waals surface area contributed by atoms with Crippen LogP contribution in [0.4, 0.5) is 4.79 Å². The Morgan fingerprint density at radius 2 is 1.82 bits per heavy atom. The van der Waals surface area contributed by atoms with Crippen molar-refractivity contribution in [3.05, 3.63) is 0 Å². The van der Waals surface area contributed by atoms with Gasteiger partial charge in [-0.2, -0.15) is 0 Å². The van der Waals surface area contributed by atoms with Crippen LogP contribution in [0.5, 0.6) is 0 Å². The van der Waals surface area contributed by atoms with Gasteiger partial charge in [0.15, 0.2) is 0 Å². The van der Waals surface area contributed by atoms with Gasteiger partial charge in [-0.15, -0.1) is 4.33 Å². The molecule has 0 aliphatic carbocycles. The molecule has 0 atom stereocenters. The number of nitrogens with zero attached hydrogens (tertiary/aromatic N) is 1. The lowest BCUT2D eigenvalue weighted by Gasteiger charge is -2.50. The van der Waals surface area contributed by atoms with Gasteiger partial charge in [-0.05, 0) is 40.5 Å². The molecule has 0 unspecified atom stereocenters. The van der Waals surface area contributed by atoms with Gasteiger partial charge in [-0.1, -0.05) is 5.04 Å². The summed E-state index contributed by atoms with van der Waals surface area (Å²) in [5.41, 5.74) is -1.39. The van der Waals surface area contributed by atoms with Crippen LogP contribution < -0.4 is 10.6 Å². The first-order valence-electron chi connectivity index (χ1n) is 7.14. The molecule has 22 heavy (non-hydrogen) atoms. The first kappa shape index (κ1) is 17.5. The Morgan fingerprint density at radius 3 is 2.36 bits per heavy atom. The molecule has 2 aliphatic rings. The molecule has 0 bridgehead atoms. The van der Waals surface area contributed by atoms with Crippen molar-refractivity contribution in [3.8, 4) is 0 Å². The Labute approximate surface area is 134 Å². The van der Waals surface area contributed by atoms with Crippen molar-refractivity contribution in [1.29, 1.82) is 0 Å². The SMILES string of the molecule is CC1(C)CC2(CC(C)(C)N1)NC(=O)N(CCSOOO)C2=O. The number of urea groups is 1. The molecule has 3 amide bonds. The average molecular weight is 333 g/mol. The van der Waals surface area contributed by atoms with Gasteiger partial charge in [-0.3, -0.25) is 9.69 Å². The second-order valence-corrected chi connectivity index (χ2v) is 7.96. The van der Waals surface area contributed by atoms with Gasteiger partial charge < -0.3 is 10.6 Å². The minimum absolute atomic E-state index is 0.189. The van der Waals surface area contributed by atoms with Crippen LogP contribution in [0.25, 0.3) is 0 Å². The Morgan fingerprint density at radius 1 is 1.23 bits per heavy atom. The number of hydrogen-bond donors (Lipinski definition) is 3. The number of amides is 3. The van der Waals surface area contributed by atoms with Gasteiger partial charge in [0.1, 0.15) is 5.54 Å². The maximum Gasteiger partial charge on any atom is 0.325 e. The third kappa shape index (κ3) is 3.54. The summed E-state index contributed by atoms with van der Waals surface area (Å²) in [6.07, 6.45) is 1.07. The third-order valence-electron chi connectivity index (χ3n) is 3.89. The molecule has 2 fully saturated rings. The molecule has 2 aliphatic heterocycles. The van der Waals surface area contributed by atoms with Crippen LogP contribution in [0, 0.1) is 0 Å². The van der Waals surface area contributed by atoms with Crippen LogP contribution in [0.1, 0.15) is 40.5 Å². The van der Waals surface area contributed by atoms with E-state index in [1.807, 2.05) is 27.7 Å². The van der Waals surface area contributed by atoms with E-state index in [4.69, 9.17) is 5.26 Å². The van der Waals surface area contributed by atoms with Gasteiger partial charge in [0.25, 0.3) is 5.91 Å². The van der Waals surface area contributed by atoms with Crippen molar-refractivity contribution < 1.29 is 24.2 Å². The molecule has 0 radical (unpaired) electrons. The van der Waals surface area contributed by atoms with Gasteiger partial charge in [0.2, 0.25) is 0 Å². The summed E-state index contributed by atoms with van der Waals surface area (Å²) in [5.74, 6) is 0.103. The molecule has 0 aromatic carbocycles. The highest BCUT2D eigenvalue weighted by Gasteiger charge is 2.58. The molecular formula is C13H23N3O5S. The number of carbonyl (C=O) groups is 2. The van der Waals surface area contributed by atoms with E-state index in [1.165, 1.54) is 4.90 Å². The number of nitrogens with one attached hydrogen (secondary N) is 2. The summed E-state index contributed by atoms with van der Waals surface area (Å²) >= 11 is 0.820. The van der Waals surface area contributed by atoms with Crippen LogP contribution >= 0.6 is 12.0 Å². The van der Waals surface area contributed by atoms with Gasteiger partial charge in [0, 0.05) is 35.4 Å². The summed E-state index contributed by atoms with van der Waals surface area (Å²) in [7, 11) is 0. The monoisotopic (exact) mass is 333 g/mol. The standard InChI is InChI=1S/C13H23N3O5S/c1-11(2)7-13(8-12(3,4)15-11)9(17)16(10(18)14-13)5-6-22-21-20-19/h15,19H,5-8H2,1-4H3,(H,14,18). The van der Waals surface area contributed by atoms with E-state index in [2.05, 4.69) is 20.0 Å². The Balaban J connectivity index is 2.12. The van der Waals surface area contributed by atoms with Gasteiger partial charge in [0.05, 0.1) is 0 Å². The van der Waals surface area contributed by atoms with E-state index in [0.29, 0.717) is 18.6 Å². The van der Waals surface area contributed by atoms with Crippen LogP contribution in [0.3, 0.4) is 0 Å². The molecule has 0 aromatic heterocycles. The first-order valence-corrected chi connectivity index (χ1v) is 8.05. The van der Waals surface area contributed by atoms with Crippen LogP contribution in [0.15, 0.2) is 0 Å². The molecule has 2 saturated heterocycles. The lowest BCUT2D eigenvalue weighted by molar-refractivity contribution is -0.432. The molecule has 0 aromatic rings. The highest BCUT2D eigenvalue weighted by molar-refractivity contribution is 7.94. The molecule has 1 spiro atoms. The van der Waals surface area contributed by atoms with E-state index < -0.39 is 5.54 Å². The zero-order chi connectivity index (χ0) is 16.6. The minimum Gasteiger partial charge on any atom is -0.323 e. The average Bonchev–Trinajstić information content (AvgIpc) is 2.53. The Bertz CT molecular complexity index is 453. The number of imide groups is 1. The fourth-order valence-corrected chi connectivity index (χ4v) is 4.25. The number of hydrogen-bond acceptors (Lipinski definition) is 7. The van der Waals surface area contributed by atoms with Crippen LogP contribution in [0.2, 0.25) is 0 Å². The van der Waals surface area contributed by atoms with Crippen LogP contribution in [-0.4, -0.2) is 51.0 Å². The molecule has 8 nitrogen and oxygen atoms in total. The molecule has 0 saturated carbocycles. The summed E-state index contributed by atoms with van der Waals surface area (Å²) < 4.78 is 4.26. The zero-order valence-electron chi connectivity index (χ0n) is 13.3. The topological polar surface area (TPSA) is 100 Å². The normalized spacial score (nSPS) is 25.6. The summed E-state index contributed by atoms with van der Waals surface area (Å²) in [5, 5.41) is 17.9. The highest BCUT2D eigenvalue weighted by Crippen LogP contribution is 2.39. The molecule has 2 heterocycles. The van der Waals surface area contributed by atoms with Gasteiger partial charge >= 0.3 is 6.03 Å². The van der Waals surface area contributed by atoms with E-state index in [9.17, 15) is 9.59 Å². The molecule has 2 rings (SSSR count). The lowest BCUT2D eigenvalue weighted by atomic mass is 9.71. The van der Waals surface area contributed by atoms with Crippen molar-refractivity contribution in [3.63, 3.8) is 0 Å². The third-order valence-corrected chi connectivity index (χ3v) is 4.39. The van der Waals surface area contributed by atoms with Crippen molar-refractivity contribution in [2.24, 2.45) is 0 Å². The zero-order valence-corrected chi connectivity index (χ0v) is 14.1. The quantitative estimate of drug-likeness (QED) is 0.229. The largest absolute Gasteiger partial charge is 0.325 e. The van der Waals surface area contributed by atoms with E-state index in [-0.39, 0.29) is 29.6 Å². The number of piperidine rings is 1. The minimum atomic E-state index is -0.867. The molecule has 126 valence electrons. The maximum absolute atomic E-state index is 12.8. The molecule has 3 N–H and O–H groups in total. The number of rotatable bonds is 5. The summed E-state index contributed by atoms with van der Waals surface area (Å²) in [6, 6.07) is -0.385. The molecule has 9 heteroatoms. The first-order chi connectivity index (χ1) is 10.1. The molecular weight excluding hydrogens is 310 g/mol. The predicted octanol–water partition coefficient (Wildman–Crippen LogP) is 1.29. The van der Waals surface area contributed by atoms with Crippen molar-refractivity contribution in [1.82, 2.24) is 15.5 Å². The van der Waals surface area contributed by atoms with E-state index >= 15 is 0 Å². The van der Waals surface area contributed by atoms with Crippen LogP contribution in [-0.2, 0) is 14.2 Å². The van der Waals surface area contributed by atoms with Crippen molar-refractivity contribution >= 4 is 24.0 Å². The fourth-order valence-electron chi connectivity index (χ4n) is 3.88. The predicted molar refractivity (Wildman–Crippen MR) is 80.8 cm³/mol. The smallest absolute Gasteiger partial charge is 0.323 e. The van der Waals surface area contributed by atoms with E-state index in [1.54, 1.807) is 0 Å².